The Labute approximate surface area is 125 Å². The van der Waals surface area contributed by atoms with Crippen LogP contribution >= 0.6 is 11.3 Å². The van der Waals surface area contributed by atoms with Crippen molar-refractivity contribution in [3.63, 3.8) is 0 Å². The fourth-order valence-corrected chi connectivity index (χ4v) is 5.79. The molecule has 2 fully saturated rings. The molecule has 110 valence electrons. The van der Waals surface area contributed by atoms with Gasteiger partial charge in [-0.25, -0.2) is 4.98 Å². The Bertz CT molecular complexity index is 476. The Balaban J connectivity index is 1.70. The van der Waals surface area contributed by atoms with Gasteiger partial charge in [-0.05, 0) is 58.0 Å². The minimum absolute atomic E-state index is 0.168. The summed E-state index contributed by atoms with van der Waals surface area (Å²) in [6.07, 6.45) is 8.98. The summed E-state index contributed by atoms with van der Waals surface area (Å²) in [6.45, 7) is 5.94. The summed E-state index contributed by atoms with van der Waals surface area (Å²) < 4.78 is 0. The molecule has 2 unspecified atom stereocenters. The Kier molecular flexibility index (Phi) is 3.36. The smallest absolute Gasteiger partial charge is 0.115 e. The molecule has 1 N–H and O–H groups in total. The topological polar surface area (TPSA) is 28.2 Å². The highest BCUT2D eigenvalue weighted by molar-refractivity contribution is 7.12. The van der Waals surface area contributed by atoms with E-state index in [0.29, 0.717) is 6.04 Å². The van der Waals surface area contributed by atoms with E-state index in [0.717, 1.165) is 6.54 Å². The van der Waals surface area contributed by atoms with Gasteiger partial charge in [-0.1, -0.05) is 6.92 Å². The van der Waals surface area contributed by atoms with Gasteiger partial charge in [0.2, 0.25) is 0 Å². The van der Waals surface area contributed by atoms with E-state index in [2.05, 4.69) is 17.1 Å². The third-order valence-corrected chi connectivity index (χ3v) is 6.73. The molecular formula is C16H25N3S. The Morgan fingerprint density at radius 2 is 2.30 bits per heavy atom. The van der Waals surface area contributed by atoms with Crippen LogP contribution in [0.3, 0.4) is 0 Å². The first kappa shape index (κ1) is 13.2. The maximum atomic E-state index is 5.09. The van der Waals surface area contributed by atoms with E-state index in [1.54, 1.807) is 4.88 Å². The van der Waals surface area contributed by atoms with E-state index in [4.69, 9.17) is 4.98 Å². The molecule has 1 aromatic rings. The molecule has 0 radical (unpaired) electrons. The van der Waals surface area contributed by atoms with Crippen molar-refractivity contribution in [2.45, 2.75) is 63.5 Å². The molecule has 0 aromatic carbocycles. The fraction of sp³-hybridized carbons (Fsp3) is 0.812. The van der Waals surface area contributed by atoms with Crippen LogP contribution in [0, 0.1) is 0 Å². The lowest BCUT2D eigenvalue weighted by atomic mass is 9.89. The largest absolute Gasteiger partial charge is 0.304 e. The van der Waals surface area contributed by atoms with E-state index in [1.165, 1.54) is 68.7 Å². The maximum Gasteiger partial charge on any atom is 0.115 e. The summed E-state index contributed by atoms with van der Waals surface area (Å²) >= 11 is 2.02. The van der Waals surface area contributed by atoms with Crippen LogP contribution < -0.4 is 5.32 Å². The number of rotatable bonds is 4. The third kappa shape index (κ3) is 1.88. The molecule has 4 rings (SSSR count). The van der Waals surface area contributed by atoms with Gasteiger partial charge in [0.15, 0.2) is 0 Å². The van der Waals surface area contributed by atoms with E-state index in [-0.39, 0.29) is 5.54 Å². The van der Waals surface area contributed by atoms with E-state index in [9.17, 15) is 0 Å². The quantitative estimate of drug-likeness (QED) is 0.924. The summed E-state index contributed by atoms with van der Waals surface area (Å²) in [7, 11) is 0. The predicted octanol–water partition coefficient (Wildman–Crippen LogP) is 2.69. The molecule has 3 nitrogen and oxygen atoms in total. The highest BCUT2D eigenvalue weighted by Crippen LogP contribution is 2.45. The number of thiazole rings is 1. The third-order valence-electron chi connectivity index (χ3n) is 5.39. The van der Waals surface area contributed by atoms with Crippen molar-refractivity contribution in [2.75, 3.05) is 19.6 Å². The van der Waals surface area contributed by atoms with Gasteiger partial charge in [0, 0.05) is 17.5 Å². The van der Waals surface area contributed by atoms with Crippen LogP contribution in [0.5, 0.6) is 0 Å². The van der Waals surface area contributed by atoms with Crippen molar-refractivity contribution in [3.8, 4) is 0 Å². The van der Waals surface area contributed by atoms with Crippen LogP contribution in [0.15, 0.2) is 0 Å². The van der Waals surface area contributed by atoms with Gasteiger partial charge in [0.25, 0.3) is 0 Å². The zero-order valence-corrected chi connectivity index (χ0v) is 13.3. The first-order chi connectivity index (χ1) is 9.83. The van der Waals surface area contributed by atoms with Crippen molar-refractivity contribution >= 4 is 11.3 Å². The number of nitrogens with zero attached hydrogens (tertiary/aromatic N) is 2. The maximum absolute atomic E-state index is 5.09. The molecule has 20 heavy (non-hydrogen) atoms. The summed E-state index contributed by atoms with van der Waals surface area (Å²) in [5, 5.41) is 5.33. The molecular weight excluding hydrogens is 266 g/mol. The Morgan fingerprint density at radius 3 is 3.15 bits per heavy atom. The summed E-state index contributed by atoms with van der Waals surface area (Å²) in [5.74, 6) is 0. The van der Waals surface area contributed by atoms with Crippen LogP contribution in [-0.2, 0) is 18.4 Å². The molecule has 0 bridgehead atoms. The zero-order chi connectivity index (χ0) is 13.6. The highest BCUT2D eigenvalue weighted by Gasteiger charge is 2.51. The van der Waals surface area contributed by atoms with E-state index < -0.39 is 0 Å². The normalized spacial score (nSPS) is 32.8. The monoisotopic (exact) mass is 291 g/mol. The second-order valence-electron chi connectivity index (χ2n) is 6.58. The van der Waals surface area contributed by atoms with Gasteiger partial charge < -0.3 is 5.32 Å². The number of aromatic nitrogens is 1. The van der Waals surface area contributed by atoms with Crippen LogP contribution in [0.25, 0.3) is 0 Å². The number of hydrogen-bond donors (Lipinski definition) is 1. The number of fused-ring (bicyclic) bond motifs is 2. The van der Waals surface area contributed by atoms with Crippen LogP contribution in [0.1, 0.15) is 54.6 Å². The second kappa shape index (κ2) is 5.08. The Morgan fingerprint density at radius 1 is 1.35 bits per heavy atom. The highest BCUT2D eigenvalue weighted by atomic mass is 32.1. The molecule has 2 saturated heterocycles. The molecule has 4 heteroatoms. The van der Waals surface area contributed by atoms with E-state index in [1.807, 2.05) is 11.3 Å². The minimum atomic E-state index is 0.168. The van der Waals surface area contributed by atoms with Gasteiger partial charge in [-0.15, -0.1) is 11.3 Å². The molecule has 1 aliphatic carbocycles. The molecule has 0 amide bonds. The lowest BCUT2D eigenvalue weighted by molar-refractivity contribution is 0.225. The van der Waals surface area contributed by atoms with Crippen molar-refractivity contribution in [2.24, 2.45) is 0 Å². The molecule has 2 atom stereocenters. The van der Waals surface area contributed by atoms with Crippen LogP contribution in [-0.4, -0.2) is 35.6 Å². The van der Waals surface area contributed by atoms with Gasteiger partial charge in [0.05, 0.1) is 11.2 Å². The second-order valence-corrected chi connectivity index (χ2v) is 7.67. The van der Waals surface area contributed by atoms with Crippen LogP contribution in [0.2, 0.25) is 0 Å². The van der Waals surface area contributed by atoms with Crippen molar-refractivity contribution in [3.05, 3.63) is 15.6 Å². The van der Waals surface area contributed by atoms with E-state index >= 15 is 0 Å². The molecule has 3 heterocycles. The molecule has 2 aliphatic heterocycles. The summed E-state index contributed by atoms with van der Waals surface area (Å²) in [4.78, 5) is 9.37. The molecule has 1 aromatic heterocycles. The van der Waals surface area contributed by atoms with Gasteiger partial charge in [0.1, 0.15) is 5.01 Å². The predicted molar refractivity (Wildman–Crippen MR) is 83.3 cm³/mol. The van der Waals surface area contributed by atoms with Crippen molar-refractivity contribution in [1.29, 1.82) is 0 Å². The standard InChI is InChI=1S/C16H25N3S/c1-2-9-17-16(8-11-19-10-4-7-14(16)19)15-18-12-5-3-6-13(12)20-15/h14,17H,2-11H2,1H3. The molecule has 0 spiro atoms. The Hall–Kier alpha value is -0.450. The van der Waals surface area contributed by atoms with Crippen molar-refractivity contribution in [1.82, 2.24) is 15.2 Å². The minimum Gasteiger partial charge on any atom is -0.304 e. The fourth-order valence-electron chi connectivity index (χ4n) is 4.40. The van der Waals surface area contributed by atoms with Crippen molar-refractivity contribution < 1.29 is 0 Å². The van der Waals surface area contributed by atoms with Gasteiger partial charge in [-0.2, -0.15) is 0 Å². The summed E-state index contributed by atoms with van der Waals surface area (Å²) in [6, 6.07) is 0.695. The summed E-state index contributed by atoms with van der Waals surface area (Å²) in [5.41, 5.74) is 1.58. The van der Waals surface area contributed by atoms with Crippen LogP contribution in [0.4, 0.5) is 0 Å². The first-order valence-corrected chi connectivity index (χ1v) is 9.13. The van der Waals surface area contributed by atoms with Gasteiger partial charge >= 0.3 is 0 Å². The number of aryl methyl sites for hydroxylation is 2. The molecule has 0 saturated carbocycles. The van der Waals surface area contributed by atoms with Gasteiger partial charge in [-0.3, -0.25) is 4.90 Å². The average molecular weight is 291 g/mol. The molecule has 3 aliphatic rings. The number of nitrogens with one attached hydrogen (secondary N) is 1. The first-order valence-electron chi connectivity index (χ1n) is 8.31. The lowest BCUT2D eigenvalue weighted by Gasteiger charge is -2.34. The SMILES string of the molecule is CCCNC1(c2nc3c(s2)CCC3)CCN2CCCC21. The number of hydrogen-bond acceptors (Lipinski definition) is 4. The zero-order valence-electron chi connectivity index (χ0n) is 12.5. The lowest BCUT2D eigenvalue weighted by Crippen LogP contribution is -2.50. The average Bonchev–Trinajstić information content (AvgIpc) is 3.16.